The van der Waals surface area contributed by atoms with E-state index in [1.54, 1.807) is 0 Å². The second-order valence-electron chi connectivity index (χ2n) is 4.65. The monoisotopic (exact) mass is 333 g/mol. The molecule has 124 valence electrons. The number of carbonyl (C=O) groups excluding carboxylic acids is 3. The molecule has 1 aliphatic heterocycles. The molecule has 0 saturated carbocycles. The highest BCUT2D eigenvalue weighted by atomic mass is 32.2. The van der Waals surface area contributed by atoms with Crippen molar-refractivity contribution in [3.8, 4) is 0 Å². The van der Waals surface area contributed by atoms with Crippen LogP contribution in [0.25, 0.3) is 0 Å². The maximum Gasteiger partial charge on any atom is 0.333 e. The molecule has 22 heavy (non-hydrogen) atoms. The molecular weight excluding hydrogens is 314 g/mol. The quantitative estimate of drug-likeness (QED) is 0.419. The largest absolute Gasteiger partial charge is 0.380 e. The molecule has 1 rings (SSSR count). The van der Waals surface area contributed by atoms with Crippen LogP contribution in [-0.4, -0.2) is 50.2 Å². The van der Waals surface area contributed by atoms with Gasteiger partial charge in [0.1, 0.15) is 0 Å². The fourth-order valence-corrected chi connectivity index (χ4v) is 2.16. The highest BCUT2D eigenvalue weighted by Crippen LogP contribution is 2.13. The van der Waals surface area contributed by atoms with Crippen molar-refractivity contribution in [2.24, 2.45) is 0 Å². The number of sulfone groups is 1. The molecular formula is C13H19NO7S. The number of hydrogen-bond acceptors (Lipinski definition) is 7. The average molecular weight is 333 g/mol. The van der Waals surface area contributed by atoms with Crippen molar-refractivity contribution in [2.45, 2.75) is 32.1 Å². The van der Waals surface area contributed by atoms with E-state index in [1.165, 1.54) is 0 Å². The summed E-state index contributed by atoms with van der Waals surface area (Å²) in [7, 11) is -3.25. The zero-order valence-electron chi connectivity index (χ0n) is 12.2. The van der Waals surface area contributed by atoms with E-state index in [0.717, 1.165) is 5.41 Å². The van der Waals surface area contributed by atoms with E-state index in [0.29, 0.717) is 24.5 Å². The van der Waals surface area contributed by atoms with Crippen LogP contribution in [0.2, 0.25) is 0 Å². The Morgan fingerprint density at radius 2 is 1.82 bits per heavy atom. The number of hydrogen-bond donors (Lipinski definition) is 0. The van der Waals surface area contributed by atoms with E-state index < -0.39 is 27.6 Å². The Hall–Kier alpha value is -1.74. The molecule has 0 aromatic carbocycles. The van der Waals surface area contributed by atoms with Crippen LogP contribution in [0.15, 0.2) is 12.0 Å². The van der Waals surface area contributed by atoms with Gasteiger partial charge in [0, 0.05) is 31.3 Å². The zero-order chi connectivity index (χ0) is 16.6. The second-order valence-corrected chi connectivity index (χ2v) is 6.72. The topological polar surface area (TPSA) is 107 Å². The fourth-order valence-electron chi connectivity index (χ4n) is 1.64. The van der Waals surface area contributed by atoms with Crippen LogP contribution in [0, 0.1) is 0 Å². The SMILES string of the molecule is C=CS(=O)(=O)CCOCCCCC(=O)ON1C(=O)CCC1=O. The number of carbonyl (C=O) groups is 3. The van der Waals surface area contributed by atoms with Gasteiger partial charge in [-0.2, -0.15) is 0 Å². The summed E-state index contributed by atoms with van der Waals surface area (Å²) in [6.45, 7) is 3.56. The lowest BCUT2D eigenvalue weighted by molar-refractivity contribution is -0.197. The van der Waals surface area contributed by atoms with Crippen molar-refractivity contribution in [2.75, 3.05) is 19.0 Å². The molecule has 1 saturated heterocycles. The molecule has 2 amide bonds. The van der Waals surface area contributed by atoms with Crippen LogP contribution in [0.1, 0.15) is 32.1 Å². The highest BCUT2D eigenvalue weighted by molar-refractivity contribution is 7.94. The second kappa shape index (κ2) is 8.64. The van der Waals surface area contributed by atoms with Crippen molar-refractivity contribution < 1.29 is 32.4 Å². The van der Waals surface area contributed by atoms with Gasteiger partial charge in [-0.1, -0.05) is 6.58 Å². The van der Waals surface area contributed by atoms with Gasteiger partial charge in [0.15, 0.2) is 9.84 Å². The van der Waals surface area contributed by atoms with Crippen molar-refractivity contribution in [3.63, 3.8) is 0 Å². The number of nitrogens with zero attached hydrogens (tertiary/aromatic N) is 1. The predicted molar refractivity (Wildman–Crippen MR) is 75.8 cm³/mol. The van der Waals surface area contributed by atoms with Gasteiger partial charge in [-0.15, -0.1) is 5.06 Å². The van der Waals surface area contributed by atoms with Gasteiger partial charge in [-0.05, 0) is 12.8 Å². The van der Waals surface area contributed by atoms with Crippen LogP contribution in [-0.2, 0) is 33.8 Å². The Labute approximate surface area is 128 Å². The summed E-state index contributed by atoms with van der Waals surface area (Å²) >= 11 is 0. The Bertz CT molecular complexity index is 525. The molecule has 0 N–H and O–H groups in total. The molecule has 0 spiro atoms. The molecule has 0 unspecified atom stereocenters. The summed E-state index contributed by atoms with van der Waals surface area (Å²) in [6, 6.07) is 0. The van der Waals surface area contributed by atoms with Crippen molar-refractivity contribution in [3.05, 3.63) is 12.0 Å². The van der Waals surface area contributed by atoms with E-state index >= 15 is 0 Å². The predicted octanol–water partition coefficient (Wildman–Crippen LogP) is 0.339. The van der Waals surface area contributed by atoms with Gasteiger partial charge in [-0.25, -0.2) is 13.2 Å². The third-order valence-corrected chi connectivity index (χ3v) is 4.13. The summed E-state index contributed by atoms with van der Waals surface area (Å²) in [5, 5.41) is 1.40. The van der Waals surface area contributed by atoms with Crippen LogP contribution in [0.4, 0.5) is 0 Å². The lowest BCUT2D eigenvalue weighted by Crippen LogP contribution is -2.31. The maximum absolute atomic E-state index is 11.4. The van der Waals surface area contributed by atoms with Gasteiger partial charge in [-0.3, -0.25) is 9.59 Å². The number of unbranched alkanes of at least 4 members (excludes halogenated alkanes) is 1. The Kier molecular flexibility index (Phi) is 7.19. The highest BCUT2D eigenvalue weighted by Gasteiger charge is 2.32. The van der Waals surface area contributed by atoms with Gasteiger partial charge >= 0.3 is 5.97 Å². The number of imide groups is 1. The van der Waals surface area contributed by atoms with E-state index in [2.05, 4.69) is 11.4 Å². The minimum Gasteiger partial charge on any atom is -0.380 e. The summed E-state index contributed by atoms with van der Waals surface area (Å²) in [5.74, 6) is -1.80. The van der Waals surface area contributed by atoms with Crippen LogP contribution in [0.3, 0.4) is 0 Å². The number of ether oxygens (including phenoxy) is 1. The summed E-state index contributed by atoms with van der Waals surface area (Å²) in [6.07, 6.45) is 1.15. The lowest BCUT2D eigenvalue weighted by Gasteiger charge is -2.12. The molecule has 1 aliphatic rings. The molecule has 1 fully saturated rings. The van der Waals surface area contributed by atoms with Gasteiger partial charge in [0.25, 0.3) is 11.8 Å². The summed E-state index contributed by atoms with van der Waals surface area (Å²) in [4.78, 5) is 38.6. The Balaban J connectivity index is 2.07. The molecule has 8 nitrogen and oxygen atoms in total. The van der Waals surface area contributed by atoms with Crippen molar-refractivity contribution >= 4 is 27.6 Å². The lowest BCUT2D eigenvalue weighted by atomic mass is 10.2. The van der Waals surface area contributed by atoms with E-state index in [-0.39, 0.29) is 31.6 Å². The first-order chi connectivity index (χ1) is 10.4. The molecule has 9 heteroatoms. The van der Waals surface area contributed by atoms with Crippen LogP contribution < -0.4 is 0 Å². The molecule has 0 radical (unpaired) electrons. The van der Waals surface area contributed by atoms with Crippen molar-refractivity contribution in [1.29, 1.82) is 0 Å². The molecule has 1 heterocycles. The minimum absolute atomic E-state index is 0.0470. The fraction of sp³-hybridized carbons (Fsp3) is 0.615. The third-order valence-electron chi connectivity index (χ3n) is 2.88. The Morgan fingerprint density at radius 3 is 2.41 bits per heavy atom. The third kappa shape index (κ3) is 6.35. The minimum atomic E-state index is -3.25. The molecule has 0 aromatic heterocycles. The standard InChI is InChI=1S/C13H19NO7S/c1-2-22(18,19)10-9-20-8-4-3-5-13(17)21-14-11(15)6-7-12(14)16/h2H,1,3-10H2. The summed E-state index contributed by atoms with van der Waals surface area (Å²) in [5.41, 5.74) is 0. The van der Waals surface area contributed by atoms with Crippen LogP contribution >= 0.6 is 0 Å². The maximum atomic E-state index is 11.4. The van der Waals surface area contributed by atoms with Crippen molar-refractivity contribution in [1.82, 2.24) is 5.06 Å². The number of rotatable bonds is 10. The first-order valence-corrected chi connectivity index (χ1v) is 8.57. The van der Waals surface area contributed by atoms with Gasteiger partial charge < -0.3 is 9.57 Å². The smallest absolute Gasteiger partial charge is 0.333 e. The normalized spacial score (nSPS) is 15.2. The molecule has 0 aromatic rings. The first kappa shape index (κ1) is 18.3. The van der Waals surface area contributed by atoms with E-state index in [4.69, 9.17) is 4.74 Å². The molecule has 0 aliphatic carbocycles. The average Bonchev–Trinajstić information content (AvgIpc) is 2.78. The summed E-state index contributed by atoms with van der Waals surface area (Å²) < 4.78 is 27.3. The first-order valence-electron chi connectivity index (χ1n) is 6.85. The number of amides is 2. The van der Waals surface area contributed by atoms with E-state index in [1.807, 2.05) is 0 Å². The van der Waals surface area contributed by atoms with Gasteiger partial charge in [0.05, 0.1) is 12.4 Å². The van der Waals surface area contributed by atoms with Crippen LogP contribution in [0.5, 0.6) is 0 Å². The van der Waals surface area contributed by atoms with Gasteiger partial charge in [0.2, 0.25) is 0 Å². The zero-order valence-corrected chi connectivity index (χ0v) is 13.0. The Morgan fingerprint density at radius 1 is 1.18 bits per heavy atom. The van der Waals surface area contributed by atoms with E-state index in [9.17, 15) is 22.8 Å². The molecule has 0 atom stereocenters. The molecule has 0 bridgehead atoms. The number of hydroxylamine groups is 2.